The number of anilines is 1. The van der Waals surface area contributed by atoms with E-state index in [1.54, 1.807) is 6.07 Å². The Morgan fingerprint density at radius 1 is 1.37 bits per heavy atom. The van der Waals surface area contributed by atoms with Gasteiger partial charge in [-0.1, -0.05) is 26.8 Å². The molecule has 108 valence electrons. The van der Waals surface area contributed by atoms with Gasteiger partial charge >= 0.3 is 0 Å². The zero-order valence-corrected chi connectivity index (χ0v) is 12.4. The van der Waals surface area contributed by atoms with E-state index in [0.29, 0.717) is 5.69 Å². The molecule has 1 rings (SSSR count). The van der Waals surface area contributed by atoms with Crippen LogP contribution in [0.2, 0.25) is 0 Å². The van der Waals surface area contributed by atoms with E-state index in [0.717, 1.165) is 12.0 Å². The van der Waals surface area contributed by atoms with Crippen molar-refractivity contribution in [1.82, 2.24) is 4.72 Å². The van der Waals surface area contributed by atoms with Crippen LogP contribution < -0.4 is 10.5 Å². The first-order valence-corrected chi connectivity index (χ1v) is 7.81. The van der Waals surface area contributed by atoms with Crippen LogP contribution >= 0.6 is 0 Å². The summed E-state index contributed by atoms with van der Waals surface area (Å²) < 4.78 is 26.9. The number of hydrogen-bond acceptors (Lipinski definition) is 4. The first-order chi connectivity index (χ1) is 8.81. The number of aliphatic hydroxyl groups is 1. The first-order valence-electron chi connectivity index (χ1n) is 6.33. The zero-order valence-electron chi connectivity index (χ0n) is 11.6. The van der Waals surface area contributed by atoms with E-state index >= 15 is 0 Å². The molecule has 0 aliphatic carbocycles. The fraction of sp³-hybridized carbons (Fsp3) is 0.538. The number of nitrogens with one attached hydrogen (secondary N) is 1. The second-order valence-electron chi connectivity index (χ2n) is 4.87. The number of nitrogen functional groups attached to an aromatic ring is 1. The number of sulfonamides is 1. The Hall–Kier alpha value is -1.11. The standard InChI is InChI=1S/C13H22N2O3S/c1-4-10-5-6-11(7-12(10)14)19(17,18)15-13(8-16)9(2)3/h5-7,9,13,15-16H,4,8,14H2,1-3H3. The molecule has 0 saturated carbocycles. The minimum absolute atomic E-state index is 0.00652. The van der Waals surface area contributed by atoms with Gasteiger partial charge in [-0.3, -0.25) is 0 Å². The molecule has 0 aromatic heterocycles. The molecule has 5 nitrogen and oxygen atoms in total. The molecular formula is C13H22N2O3S. The van der Waals surface area contributed by atoms with Crippen LogP contribution in [-0.2, 0) is 16.4 Å². The van der Waals surface area contributed by atoms with Gasteiger partial charge in [0.15, 0.2) is 0 Å². The average molecular weight is 286 g/mol. The van der Waals surface area contributed by atoms with Crippen molar-refractivity contribution in [2.24, 2.45) is 5.92 Å². The molecule has 0 aliphatic rings. The maximum absolute atomic E-state index is 12.2. The summed E-state index contributed by atoms with van der Waals surface area (Å²) in [6.07, 6.45) is 0.755. The fourth-order valence-corrected chi connectivity index (χ4v) is 3.12. The third-order valence-electron chi connectivity index (χ3n) is 3.12. The molecule has 19 heavy (non-hydrogen) atoms. The van der Waals surface area contributed by atoms with Crippen molar-refractivity contribution in [3.8, 4) is 0 Å². The highest BCUT2D eigenvalue weighted by Gasteiger charge is 2.22. The van der Waals surface area contributed by atoms with Crippen molar-refractivity contribution < 1.29 is 13.5 Å². The Morgan fingerprint density at radius 2 is 2.00 bits per heavy atom. The van der Waals surface area contributed by atoms with Crippen molar-refractivity contribution in [1.29, 1.82) is 0 Å². The van der Waals surface area contributed by atoms with Gasteiger partial charge < -0.3 is 10.8 Å². The van der Waals surface area contributed by atoms with Gasteiger partial charge in [-0.2, -0.15) is 0 Å². The van der Waals surface area contributed by atoms with E-state index in [2.05, 4.69) is 4.72 Å². The lowest BCUT2D eigenvalue weighted by atomic mass is 10.1. The molecule has 0 radical (unpaired) electrons. The molecule has 6 heteroatoms. The minimum atomic E-state index is -3.65. The second kappa shape index (κ2) is 6.36. The summed E-state index contributed by atoms with van der Waals surface area (Å²) in [6, 6.07) is 4.20. The van der Waals surface area contributed by atoms with Crippen LogP contribution in [0.5, 0.6) is 0 Å². The molecule has 4 N–H and O–H groups in total. The maximum atomic E-state index is 12.2. The average Bonchev–Trinajstić information content (AvgIpc) is 2.35. The SMILES string of the molecule is CCc1ccc(S(=O)(=O)NC(CO)C(C)C)cc1N. The fourth-order valence-electron chi connectivity index (χ4n) is 1.71. The van der Waals surface area contributed by atoms with Gasteiger partial charge in [-0.05, 0) is 30.0 Å². The van der Waals surface area contributed by atoms with E-state index < -0.39 is 16.1 Å². The largest absolute Gasteiger partial charge is 0.398 e. The molecule has 1 aromatic rings. The van der Waals surface area contributed by atoms with Crippen LogP contribution in [0.4, 0.5) is 5.69 Å². The number of rotatable bonds is 6. The molecule has 0 spiro atoms. The number of aryl methyl sites for hydroxylation is 1. The molecule has 0 heterocycles. The molecule has 0 bridgehead atoms. The first kappa shape index (κ1) is 15.9. The van der Waals surface area contributed by atoms with Crippen molar-refractivity contribution in [2.45, 2.75) is 38.1 Å². The number of aliphatic hydroxyl groups excluding tert-OH is 1. The summed E-state index contributed by atoms with van der Waals surface area (Å²) in [7, 11) is -3.65. The van der Waals surface area contributed by atoms with E-state index in [9.17, 15) is 13.5 Å². The molecule has 1 atom stereocenters. The molecule has 1 unspecified atom stereocenters. The lowest BCUT2D eigenvalue weighted by Crippen LogP contribution is -2.41. The van der Waals surface area contributed by atoms with Crippen molar-refractivity contribution in [2.75, 3.05) is 12.3 Å². The van der Waals surface area contributed by atoms with Crippen molar-refractivity contribution in [3.63, 3.8) is 0 Å². The third kappa shape index (κ3) is 3.92. The van der Waals surface area contributed by atoms with E-state index in [1.807, 2.05) is 20.8 Å². The predicted molar refractivity (Wildman–Crippen MR) is 76.3 cm³/mol. The summed E-state index contributed by atoms with van der Waals surface area (Å²) in [6.45, 7) is 5.41. The Kier molecular flexibility index (Phi) is 5.34. The number of hydrogen-bond donors (Lipinski definition) is 3. The molecule has 1 aromatic carbocycles. The highest BCUT2D eigenvalue weighted by Crippen LogP contribution is 2.19. The van der Waals surface area contributed by atoms with Crippen LogP contribution in [0.25, 0.3) is 0 Å². The van der Waals surface area contributed by atoms with Gasteiger partial charge in [-0.25, -0.2) is 13.1 Å². The van der Waals surface area contributed by atoms with E-state index in [-0.39, 0.29) is 17.4 Å². The summed E-state index contributed by atoms with van der Waals surface area (Å²) in [5.74, 6) is 0.00652. The van der Waals surface area contributed by atoms with Gasteiger partial charge in [0.2, 0.25) is 10.0 Å². The quantitative estimate of drug-likeness (QED) is 0.683. The number of benzene rings is 1. The predicted octanol–water partition coefficient (Wildman–Crippen LogP) is 1.13. The summed E-state index contributed by atoms with van der Waals surface area (Å²) >= 11 is 0. The summed E-state index contributed by atoms with van der Waals surface area (Å²) in [5, 5.41) is 9.19. The minimum Gasteiger partial charge on any atom is -0.398 e. The van der Waals surface area contributed by atoms with Crippen LogP contribution in [-0.4, -0.2) is 26.2 Å². The molecule has 0 fully saturated rings. The van der Waals surface area contributed by atoms with E-state index in [4.69, 9.17) is 5.73 Å². The van der Waals surface area contributed by atoms with Gasteiger partial charge in [0, 0.05) is 11.7 Å². The van der Waals surface area contributed by atoms with Gasteiger partial charge in [0.05, 0.1) is 11.5 Å². The summed E-state index contributed by atoms with van der Waals surface area (Å²) in [4.78, 5) is 0.126. The number of nitrogens with two attached hydrogens (primary N) is 1. The third-order valence-corrected chi connectivity index (χ3v) is 4.60. The normalized spacial score (nSPS) is 13.7. The van der Waals surface area contributed by atoms with Crippen molar-refractivity contribution >= 4 is 15.7 Å². The smallest absolute Gasteiger partial charge is 0.240 e. The highest BCUT2D eigenvalue weighted by molar-refractivity contribution is 7.89. The van der Waals surface area contributed by atoms with Gasteiger partial charge in [0.25, 0.3) is 0 Å². The van der Waals surface area contributed by atoms with Crippen LogP contribution in [0.15, 0.2) is 23.1 Å². The van der Waals surface area contributed by atoms with E-state index in [1.165, 1.54) is 12.1 Å². The van der Waals surface area contributed by atoms with Gasteiger partial charge in [-0.15, -0.1) is 0 Å². The Bertz CT molecular complexity index is 527. The molecular weight excluding hydrogens is 264 g/mol. The summed E-state index contributed by atoms with van der Waals surface area (Å²) in [5.41, 5.74) is 7.20. The maximum Gasteiger partial charge on any atom is 0.240 e. The molecule has 0 aliphatic heterocycles. The zero-order chi connectivity index (χ0) is 14.6. The lowest BCUT2D eigenvalue weighted by molar-refractivity contribution is 0.227. The van der Waals surface area contributed by atoms with Crippen molar-refractivity contribution in [3.05, 3.63) is 23.8 Å². The topological polar surface area (TPSA) is 92.4 Å². The monoisotopic (exact) mass is 286 g/mol. The molecule has 0 amide bonds. The van der Waals surface area contributed by atoms with Crippen LogP contribution in [0, 0.1) is 5.92 Å². The van der Waals surface area contributed by atoms with Crippen LogP contribution in [0.3, 0.4) is 0 Å². The second-order valence-corrected chi connectivity index (χ2v) is 6.58. The van der Waals surface area contributed by atoms with Gasteiger partial charge in [0.1, 0.15) is 0 Å². The highest BCUT2D eigenvalue weighted by atomic mass is 32.2. The lowest BCUT2D eigenvalue weighted by Gasteiger charge is -2.20. The van der Waals surface area contributed by atoms with Crippen LogP contribution in [0.1, 0.15) is 26.3 Å². The Labute approximate surface area is 114 Å². The Morgan fingerprint density at radius 3 is 2.42 bits per heavy atom. The molecule has 0 saturated heterocycles. The Balaban J connectivity index is 3.03.